The fraction of sp³-hybridized carbons (Fsp3) is 0.462. The smallest absolute Gasteiger partial charge is 0.224 e. The highest BCUT2D eigenvalue weighted by Gasteiger charge is 2.11. The molecule has 0 aliphatic carbocycles. The van der Waals surface area contributed by atoms with Gasteiger partial charge >= 0.3 is 0 Å². The van der Waals surface area contributed by atoms with Gasteiger partial charge in [0.2, 0.25) is 5.91 Å². The Bertz CT molecular complexity index is 503. The molecule has 1 atom stereocenters. The molecule has 3 N–H and O–H groups in total. The number of nitrogens with two attached hydrogens (primary N) is 1. The predicted molar refractivity (Wildman–Crippen MR) is 88.5 cm³/mol. The largest absolute Gasteiger partial charge is 0.399 e. The highest BCUT2D eigenvalue weighted by Crippen LogP contribution is 2.32. The number of hydrogen-bond donors (Lipinski definition) is 2. The van der Waals surface area contributed by atoms with Gasteiger partial charge in [0.15, 0.2) is 0 Å². The summed E-state index contributed by atoms with van der Waals surface area (Å²) >= 11 is 12.0. The monoisotopic (exact) mass is 352 g/mol. The van der Waals surface area contributed by atoms with E-state index in [1.54, 1.807) is 7.11 Å². The quantitative estimate of drug-likeness (QED) is 0.704. The van der Waals surface area contributed by atoms with Gasteiger partial charge in [0, 0.05) is 41.5 Å². The first-order valence-electron chi connectivity index (χ1n) is 6.32. The summed E-state index contributed by atoms with van der Waals surface area (Å²) in [6.07, 6.45) is 0.766. The van der Waals surface area contributed by atoms with E-state index >= 15 is 0 Å². The summed E-state index contributed by atoms with van der Waals surface area (Å²) in [7, 11) is 0.592. The molecule has 0 radical (unpaired) electrons. The Hall–Kier alpha value is -0.820. The van der Waals surface area contributed by atoms with Crippen LogP contribution in [-0.2, 0) is 20.3 Å². The lowest BCUT2D eigenvalue weighted by atomic mass is 10.2. The molecule has 1 aromatic carbocycles. The lowest BCUT2D eigenvalue weighted by Crippen LogP contribution is -2.14. The Labute approximate surface area is 136 Å². The molecular weight excluding hydrogens is 335 g/mol. The van der Waals surface area contributed by atoms with Gasteiger partial charge in [0.05, 0.1) is 22.3 Å². The van der Waals surface area contributed by atoms with Crippen molar-refractivity contribution in [3.05, 3.63) is 22.2 Å². The number of carbonyl (C=O) groups is 1. The number of nitrogens with one attached hydrogen (secondary N) is 1. The van der Waals surface area contributed by atoms with Crippen LogP contribution in [0.5, 0.6) is 0 Å². The van der Waals surface area contributed by atoms with E-state index in [1.165, 1.54) is 12.1 Å². The molecule has 0 spiro atoms. The molecule has 118 valence electrons. The second-order valence-corrected chi connectivity index (χ2v) is 6.86. The Morgan fingerprint density at radius 3 is 2.52 bits per heavy atom. The van der Waals surface area contributed by atoms with Gasteiger partial charge in [-0.2, -0.15) is 0 Å². The molecule has 1 rings (SSSR count). The standard InChI is InChI=1S/C13H18Cl2N2O3S/c1-20-4-6-21(19)5-2-3-12(18)17-13-10(14)7-9(16)8-11(13)15/h7-8H,2-6,16H2,1H3,(H,17,18). The normalized spacial score (nSPS) is 12.1. The minimum absolute atomic E-state index is 0.229. The second-order valence-electron chi connectivity index (χ2n) is 4.35. The maximum absolute atomic E-state index is 11.8. The molecule has 8 heteroatoms. The number of hydrogen-bond acceptors (Lipinski definition) is 4. The zero-order valence-corrected chi connectivity index (χ0v) is 14.0. The molecule has 0 saturated carbocycles. The van der Waals surface area contributed by atoms with E-state index in [2.05, 4.69) is 5.32 Å². The molecule has 0 saturated heterocycles. The Morgan fingerprint density at radius 1 is 1.33 bits per heavy atom. The van der Waals surface area contributed by atoms with Crippen LogP contribution in [0.2, 0.25) is 10.0 Å². The van der Waals surface area contributed by atoms with Crippen LogP contribution >= 0.6 is 23.2 Å². The predicted octanol–water partition coefficient (Wildman–Crippen LogP) is 2.69. The van der Waals surface area contributed by atoms with Gasteiger partial charge in [-0.05, 0) is 18.6 Å². The van der Waals surface area contributed by atoms with Crippen molar-refractivity contribution < 1.29 is 13.7 Å². The van der Waals surface area contributed by atoms with Crippen LogP contribution in [0.15, 0.2) is 12.1 Å². The SMILES string of the molecule is COCCS(=O)CCCC(=O)Nc1c(Cl)cc(N)cc1Cl. The molecule has 0 heterocycles. The van der Waals surface area contributed by atoms with E-state index in [-0.39, 0.29) is 22.4 Å². The average Bonchev–Trinajstić information content (AvgIpc) is 2.40. The summed E-state index contributed by atoms with van der Waals surface area (Å²) in [6, 6.07) is 3.03. The number of ether oxygens (including phenoxy) is 1. The number of halogens is 2. The van der Waals surface area contributed by atoms with Crippen molar-refractivity contribution in [2.45, 2.75) is 12.8 Å². The molecular formula is C13H18Cl2N2O3S. The highest BCUT2D eigenvalue weighted by atomic mass is 35.5. The molecule has 0 aromatic heterocycles. The summed E-state index contributed by atoms with van der Waals surface area (Å²) in [5.41, 5.74) is 6.36. The van der Waals surface area contributed by atoms with Crippen molar-refractivity contribution in [3.8, 4) is 0 Å². The maximum Gasteiger partial charge on any atom is 0.224 e. The number of anilines is 2. The summed E-state index contributed by atoms with van der Waals surface area (Å²) in [4.78, 5) is 11.8. The molecule has 0 fully saturated rings. The summed E-state index contributed by atoms with van der Waals surface area (Å²) in [5.74, 6) is 0.709. The zero-order valence-electron chi connectivity index (χ0n) is 11.7. The van der Waals surface area contributed by atoms with Crippen LogP contribution in [0.1, 0.15) is 12.8 Å². The van der Waals surface area contributed by atoms with Crippen LogP contribution in [0.3, 0.4) is 0 Å². The fourth-order valence-corrected chi connectivity index (χ4v) is 3.21. The van der Waals surface area contributed by atoms with E-state index in [1.807, 2.05) is 0 Å². The van der Waals surface area contributed by atoms with Crippen molar-refractivity contribution in [1.82, 2.24) is 0 Å². The Balaban J connectivity index is 2.43. The molecule has 1 aromatic rings. The third kappa shape index (κ3) is 6.65. The van der Waals surface area contributed by atoms with Crippen molar-refractivity contribution in [2.75, 3.05) is 36.3 Å². The molecule has 0 aliphatic rings. The molecule has 21 heavy (non-hydrogen) atoms. The molecule has 0 bridgehead atoms. The van der Waals surface area contributed by atoms with Crippen LogP contribution in [-0.4, -0.2) is 35.3 Å². The van der Waals surface area contributed by atoms with Crippen molar-refractivity contribution in [2.24, 2.45) is 0 Å². The number of methoxy groups -OCH3 is 1. The van der Waals surface area contributed by atoms with E-state index in [4.69, 9.17) is 33.7 Å². The van der Waals surface area contributed by atoms with Crippen LogP contribution in [0.4, 0.5) is 11.4 Å². The molecule has 0 aliphatic heterocycles. The lowest BCUT2D eigenvalue weighted by Gasteiger charge is -2.10. The number of carbonyl (C=O) groups excluding carboxylic acids is 1. The van der Waals surface area contributed by atoms with E-state index in [0.29, 0.717) is 35.9 Å². The zero-order chi connectivity index (χ0) is 15.8. The van der Waals surface area contributed by atoms with Crippen molar-refractivity contribution in [1.29, 1.82) is 0 Å². The van der Waals surface area contributed by atoms with Gasteiger partial charge in [-0.25, -0.2) is 0 Å². The average molecular weight is 353 g/mol. The lowest BCUT2D eigenvalue weighted by molar-refractivity contribution is -0.116. The van der Waals surface area contributed by atoms with Gasteiger partial charge in [-0.15, -0.1) is 0 Å². The molecule has 1 unspecified atom stereocenters. The van der Waals surface area contributed by atoms with Crippen LogP contribution in [0.25, 0.3) is 0 Å². The number of rotatable bonds is 8. The van der Waals surface area contributed by atoms with E-state index in [9.17, 15) is 9.00 Å². The van der Waals surface area contributed by atoms with E-state index in [0.717, 1.165) is 0 Å². The van der Waals surface area contributed by atoms with Crippen molar-refractivity contribution >= 4 is 51.3 Å². The Morgan fingerprint density at radius 2 is 1.95 bits per heavy atom. The fourth-order valence-electron chi connectivity index (χ4n) is 1.59. The Kier molecular flexibility index (Phi) is 8.03. The highest BCUT2D eigenvalue weighted by molar-refractivity contribution is 7.84. The molecule has 5 nitrogen and oxygen atoms in total. The van der Waals surface area contributed by atoms with Gasteiger partial charge in [0.1, 0.15) is 0 Å². The minimum Gasteiger partial charge on any atom is -0.399 e. The first-order valence-corrected chi connectivity index (χ1v) is 8.56. The third-order valence-electron chi connectivity index (χ3n) is 2.62. The number of amides is 1. The van der Waals surface area contributed by atoms with E-state index < -0.39 is 10.8 Å². The maximum atomic E-state index is 11.8. The van der Waals surface area contributed by atoms with Gasteiger partial charge in [-0.3, -0.25) is 9.00 Å². The minimum atomic E-state index is -0.968. The summed E-state index contributed by atoms with van der Waals surface area (Å²) in [6.45, 7) is 0.454. The first-order chi connectivity index (χ1) is 9.93. The summed E-state index contributed by atoms with van der Waals surface area (Å²) in [5, 5.41) is 3.22. The van der Waals surface area contributed by atoms with Gasteiger partial charge < -0.3 is 15.8 Å². The summed E-state index contributed by atoms with van der Waals surface area (Å²) < 4.78 is 16.4. The van der Waals surface area contributed by atoms with Crippen LogP contribution in [0, 0.1) is 0 Å². The van der Waals surface area contributed by atoms with Crippen molar-refractivity contribution in [3.63, 3.8) is 0 Å². The number of nitrogen functional groups attached to an aromatic ring is 1. The first kappa shape index (κ1) is 18.2. The van der Waals surface area contributed by atoms with Crippen LogP contribution < -0.4 is 11.1 Å². The third-order valence-corrected chi connectivity index (χ3v) is 4.58. The molecule has 1 amide bonds. The second kappa shape index (κ2) is 9.25. The van der Waals surface area contributed by atoms with Gasteiger partial charge in [0.25, 0.3) is 0 Å². The number of benzene rings is 1. The van der Waals surface area contributed by atoms with Gasteiger partial charge in [-0.1, -0.05) is 23.2 Å². The topological polar surface area (TPSA) is 81.4 Å².